The van der Waals surface area contributed by atoms with Crippen LogP contribution in [0.4, 0.5) is 5.13 Å². The molecular formula is C14H14N6OS. The topological polar surface area (TPSA) is 85.6 Å². The fraction of sp³-hybridized carbons (Fsp3) is 0.214. The van der Waals surface area contributed by atoms with Crippen LogP contribution in [0.5, 0.6) is 0 Å². The van der Waals surface area contributed by atoms with Crippen molar-refractivity contribution in [1.82, 2.24) is 25.2 Å². The normalized spacial score (nSPS) is 10.6. The number of thiazole rings is 1. The van der Waals surface area contributed by atoms with Crippen LogP contribution in [0, 0.1) is 0 Å². The van der Waals surface area contributed by atoms with Crippen molar-refractivity contribution in [2.45, 2.75) is 19.9 Å². The quantitative estimate of drug-likeness (QED) is 0.778. The van der Waals surface area contributed by atoms with Crippen LogP contribution in [-0.4, -0.2) is 31.1 Å². The Kier molecular flexibility index (Phi) is 4.19. The summed E-state index contributed by atoms with van der Waals surface area (Å²) < 4.78 is 1.35. The molecule has 0 aliphatic rings. The number of hydrogen-bond donors (Lipinski definition) is 1. The lowest BCUT2D eigenvalue weighted by molar-refractivity contribution is -0.116. The molecule has 3 rings (SSSR count). The van der Waals surface area contributed by atoms with Crippen LogP contribution >= 0.6 is 11.3 Å². The molecule has 0 bridgehead atoms. The fourth-order valence-electron chi connectivity index (χ4n) is 1.93. The fourth-order valence-corrected chi connectivity index (χ4v) is 2.67. The van der Waals surface area contributed by atoms with Gasteiger partial charge in [0.25, 0.3) is 0 Å². The number of carbonyl (C=O) groups is 1. The van der Waals surface area contributed by atoms with Gasteiger partial charge in [-0.15, -0.1) is 16.4 Å². The van der Waals surface area contributed by atoms with E-state index in [-0.39, 0.29) is 12.5 Å². The number of nitrogens with one attached hydrogen (secondary N) is 1. The Balaban J connectivity index is 1.66. The number of amides is 1. The second-order valence-electron chi connectivity index (χ2n) is 4.64. The third kappa shape index (κ3) is 3.34. The smallest absolute Gasteiger partial charge is 0.248 e. The summed E-state index contributed by atoms with van der Waals surface area (Å²) in [5, 5.41) is 15.8. The summed E-state index contributed by atoms with van der Waals surface area (Å²) in [6, 6.07) is 8.26. The highest BCUT2D eigenvalue weighted by Crippen LogP contribution is 2.25. The molecule has 0 spiro atoms. The Morgan fingerprint density at radius 1 is 1.32 bits per heavy atom. The van der Waals surface area contributed by atoms with Gasteiger partial charge < -0.3 is 5.32 Å². The minimum atomic E-state index is -0.213. The number of rotatable bonds is 5. The molecule has 0 aliphatic carbocycles. The van der Waals surface area contributed by atoms with E-state index in [4.69, 9.17) is 0 Å². The summed E-state index contributed by atoms with van der Waals surface area (Å²) in [6.07, 6.45) is 2.40. The minimum absolute atomic E-state index is 0.0626. The molecule has 8 heteroatoms. The van der Waals surface area contributed by atoms with Crippen molar-refractivity contribution < 1.29 is 4.79 Å². The molecule has 0 unspecified atom stereocenters. The predicted octanol–water partition coefficient (Wildman–Crippen LogP) is 2.00. The monoisotopic (exact) mass is 314 g/mol. The van der Waals surface area contributed by atoms with Gasteiger partial charge in [0.1, 0.15) is 12.9 Å². The zero-order valence-corrected chi connectivity index (χ0v) is 12.7. The van der Waals surface area contributed by atoms with Crippen LogP contribution in [0.15, 0.2) is 36.0 Å². The van der Waals surface area contributed by atoms with Crippen LogP contribution < -0.4 is 5.32 Å². The Bertz CT molecular complexity index is 750. The first-order valence-electron chi connectivity index (χ1n) is 6.80. The van der Waals surface area contributed by atoms with Gasteiger partial charge in [0, 0.05) is 10.9 Å². The van der Waals surface area contributed by atoms with Gasteiger partial charge in [-0.25, -0.2) is 9.67 Å². The van der Waals surface area contributed by atoms with Gasteiger partial charge in [-0.3, -0.25) is 4.79 Å². The van der Waals surface area contributed by atoms with Gasteiger partial charge in [-0.2, -0.15) is 0 Å². The first-order chi connectivity index (χ1) is 10.7. The molecule has 0 saturated heterocycles. The van der Waals surface area contributed by atoms with E-state index in [0.29, 0.717) is 5.13 Å². The van der Waals surface area contributed by atoms with Crippen molar-refractivity contribution in [3.05, 3.63) is 41.5 Å². The average Bonchev–Trinajstić information content (AvgIpc) is 3.19. The van der Waals surface area contributed by atoms with Crippen LogP contribution in [0.2, 0.25) is 0 Å². The maximum absolute atomic E-state index is 11.8. The number of nitrogens with zero attached hydrogens (tertiary/aromatic N) is 5. The number of benzene rings is 1. The predicted molar refractivity (Wildman–Crippen MR) is 83.4 cm³/mol. The SMILES string of the molecule is CCc1ccc(-c2csc(NC(=O)Cn3cnnn3)n2)cc1. The molecule has 7 nitrogen and oxygen atoms in total. The highest BCUT2D eigenvalue weighted by molar-refractivity contribution is 7.14. The molecule has 22 heavy (non-hydrogen) atoms. The largest absolute Gasteiger partial charge is 0.300 e. The first kappa shape index (κ1) is 14.3. The average molecular weight is 314 g/mol. The van der Waals surface area contributed by atoms with Gasteiger partial charge in [0.05, 0.1) is 5.69 Å². The van der Waals surface area contributed by atoms with Crippen molar-refractivity contribution >= 4 is 22.4 Å². The molecule has 3 aromatic rings. The van der Waals surface area contributed by atoms with Crippen molar-refractivity contribution in [3.8, 4) is 11.3 Å². The van der Waals surface area contributed by atoms with E-state index in [1.165, 1.54) is 27.9 Å². The van der Waals surface area contributed by atoms with Crippen LogP contribution in [0.25, 0.3) is 11.3 Å². The molecule has 112 valence electrons. The highest BCUT2D eigenvalue weighted by Gasteiger charge is 2.09. The first-order valence-corrected chi connectivity index (χ1v) is 7.68. The molecular weight excluding hydrogens is 300 g/mol. The number of aromatic nitrogens is 5. The molecule has 0 atom stereocenters. The summed E-state index contributed by atoms with van der Waals surface area (Å²) in [5.74, 6) is -0.213. The molecule has 0 saturated carbocycles. The van der Waals surface area contributed by atoms with Crippen molar-refractivity contribution in [2.75, 3.05) is 5.32 Å². The van der Waals surface area contributed by atoms with Gasteiger partial charge in [0.2, 0.25) is 5.91 Å². The van der Waals surface area contributed by atoms with E-state index < -0.39 is 0 Å². The van der Waals surface area contributed by atoms with Crippen molar-refractivity contribution in [1.29, 1.82) is 0 Å². The van der Waals surface area contributed by atoms with E-state index in [1.54, 1.807) is 0 Å². The number of tetrazole rings is 1. The Labute approximate surface area is 131 Å². The van der Waals surface area contributed by atoms with Gasteiger partial charge in [-0.1, -0.05) is 31.2 Å². The van der Waals surface area contributed by atoms with Gasteiger partial charge in [0.15, 0.2) is 5.13 Å². The molecule has 1 N–H and O–H groups in total. The summed E-state index contributed by atoms with van der Waals surface area (Å²) in [6.45, 7) is 2.18. The second kappa shape index (κ2) is 6.44. The standard InChI is InChI=1S/C14H14N6OS/c1-2-10-3-5-11(6-4-10)12-8-22-14(16-12)17-13(21)7-20-9-15-18-19-20/h3-6,8-9H,2,7H2,1H3,(H,16,17,21). The summed E-state index contributed by atoms with van der Waals surface area (Å²) in [7, 11) is 0. The van der Waals surface area contributed by atoms with Crippen molar-refractivity contribution in [2.24, 2.45) is 0 Å². The second-order valence-corrected chi connectivity index (χ2v) is 5.50. The molecule has 2 aromatic heterocycles. The van der Waals surface area contributed by atoms with Gasteiger partial charge >= 0.3 is 0 Å². The van der Waals surface area contributed by atoms with Crippen molar-refractivity contribution in [3.63, 3.8) is 0 Å². The molecule has 1 aromatic carbocycles. The Hall–Kier alpha value is -2.61. The lowest BCUT2D eigenvalue weighted by atomic mass is 10.1. The molecule has 2 heterocycles. The van der Waals surface area contributed by atoms with E-state index >= 15 is 0 Å². The third-order valence-corrected chi connectivity index (χ3v) is 3.86. The van der Waals surface area contributed by atoms with Gasteiger partial charge in [-0.05, 0) is 22.4 Å². The Morgan fingerprint density at radius 3 is 2.82 bits per heavy atom. The molecule has 1 amide bonds. The maximum Gasteiger partial charge on any atom is 0.248 e. The Morgan fingerprint density at radius 2 is 2.14 bits per heavy atom. The number of anilines is 1. The number of carbonyl (C=O) groups excluding carboxylic acids is 1. The number of hydrogen-bond acceptors (Lipinski definition) is 6. The zero-order valence-electron chi connectivity index (χ0n) is 11.9. The maximum atomic E-state index is 11.8. The van der Waals surface area contributed by atoms with E-state index in [2.05, 4.69) is 44.9 Å². The number of aryl methyl sites for hydroxylation is 1. The lowest BCUT2D eigenvalue weighted by Gasteiger charge is -2.01. The molecule has 0 fully saturated rings. The van der Waals surface area contributed by atoms with E-state index in [0.717, 1.165) is 17.7 Å². The van der Waals surface area contributed by atoms with E-state index in [1.807, 2.05) is 17.5 Å². The van der Waals surface area contributed by atoms with E-state index in [9.17, 15) is 4.79 Å². The third-order valence-electron chi connectivity index (χ3n) is 3.11. The van der Waals surface area contributed by atoms with Crippen LogP contribution in [-0.2, 0) is 17.8 Å². The van der Waals surface area contributed by atoms with Crippen LogP contribution in [0.3, 0.4) is 0 Å². The van der Waals surface area contributed by atoms with Crippen LogP contribution in [0.1, 0.15) is 12.5 Å². The zero-order chi connectivity index (χ0) is 15.4. The minimum Gasteiger partial charge on any atom is -0.300 e. The summed E-state index contributed by atoms with van der Waals surface area (Å²) >= 11 is 1.39. The highest BCUT2D eigenvalue weighted by atomic mass is 32.1. The molecule has 0 aliphatic heterocycles. The molecule has 0 radical (unpaired) electrons. The lowest BCUT2D eigenvalue weighted by Crippen LogP contribution is -2.19. The summed E-state index contributed by atoms with van der Waals surface area (Å²) in [5.41, 5.74) is 3.17. The summed E-state index contributed by atoms with van der Waals surface area (Å²) in [4.78, 5) is 16.3.